The zero-order chi connectivity index (χ0) is 18.9. The van der Waals surface area contributed by atoms with Crippen LogP contribution in [-0.2, 0) is 5.66 Å². The minimum atomic E-state index is -0.666. The quantitative estimate of drug-likeness (QED) is 0.598. The van der Waals surface area contributed by atoms with E-state index < -0.39 is 5.66 Å². The van der Waals surface area contributed by atoms with Gasteiger partial charge in [0, 0.05) is 11.9 Å². The van der Waals surface area contributed by atoms with E-state index in [1.54, 1.807) is 17.6 Å². The monoisotopic (exact) mass is 364 g/mol. The molecule has 27 heavy (non-hydrogen) atoms. The van der Waals surface area contributed by atoms with E-state index >= 15 is 0 Å². The molecule has 1 saturated carbocycles. The summed E-state index contributed by atoms with van der Waals surface area (Å²) in [6.45, 7) is 3.58. The number of aromatic amines is 1. The van der Waals surface area contributed by atoms with Crippen molar-refractivity contribution < 1.29 is 4.79 Å². The van der Waals surface area contributed by atoms with Gasteiger partial charge in [0.2, 0.25) is 0 Å². The summed E-state index contributed by atoms with van der Waals surface area (Å²) in [5.74, 6) is -0.269. The van der Waals surface area contributed by atoms with Crippen LogP contribution >= 0.6 is 0 Å². The molecule has 5 rings (SSSR count). The Morgan fingerprint density at radius 1 is 1.11 bits per heavy atom. The van der Waals surface area contributed by atoms with Crippen molar-refractivity contribution in [1.29, 1.82) is 0 Å². The molecule has 1 fully saturated rings. The van der Waals surface area contributed by atoms with Crippen LogP contribution in [-0.4, -0.2) is 20.4 Å². The summed E-state index contributed by atoms with van der Waals surface area (Å²) in [6, 6.07) is 1.77. The first-order valence-electron chi connectivity index (χ1n) is 9.34. The fourth-order valence-electron chi connectivity index (χ4n) is 4.80. The highest BCUT2D eigenvalue weighted by Gasteiger charge is 2.45. The number of nitrogens with one attached hydrogen (secondary N) is 2. The second-order valence-corrected chi connectivity index (χ2v) is 7.74. The fourth-order valence-corrected chi connectivity index (χ4v) is 4.80. The first kappa shape index (κ1) is 16.2. The van der Waals surface area contributed by atoms with Crippen molar-refractivity contribution in [2.75, 3.05) is 0 Å². The lowest BCUT2D eigenvalue weighted by atomic mass is 9.89. The van der Waals surface area contributed by atoms with Gasteiger partial charge in [-0.1, -0.05) is 6.42 Å². The Bertz CT molecular complexity index is 1260. The Hall–Kier alpha value is -2.96. The predicted molar refractivity (Wildman–Crippen MR) is 102 cm³/mol. The van der Waals surface area contributed by atoms with E-state index in [1.807, 2.05) is 6.92 Å². The van der Waals surface area contributed by atoms with E-state index in [1.165, 1.54) is 6.20 Å². The second kappa shape index (κ2) is 5.28. The highest BCUT2D eigenvalue weighted by molar-refractivity contribution is 6.03. The highest BCUT2D eigenvalue weighted by atomic mass is 16.2. The van der Waals surface area contributed by atoms with Gasteiger partial charge in [-0.15, -0.1) is 0 Å². The van der Waals surface area contributed by atoms with E-state index in [-0.39, 0.29) is 27.8 Å². The number of aromatic nitrogens is 3. The lowest BCUT2D eigenvalue weighted by Gasteiger charge is -2.35. The number of amides is 1. The fraction of sp³-hybridized carbons (Fsp3) is 0.400. The molecule has 1 amide bonds. The maximum absolute atomic E-state index is 13.5. The number of fused-ring (bicyclic) bond motifs is 4. The molecule has 1 aliphatic carbocycles. The lowest BCUT2D eigenvalue weighted by Crippen LogP contribution is -2.48. The Morgan fingerprint density at radius 3 is 2.59 bits per heavy atom. The van der Waals surface area contributed by atoms with Crippen molar-refractivity contribution in [3.63, 3.8) is 0 Å². The average Bonchev–Trinajstić information content (AvgIpc) is 2.91. The number of carbonyl (C=O) groups is 1. The van der Waals surface area contributed by atoms with Gasteiger partial charge < -0.3 is 10.3 Å². The third-order valence-corrected chi connectivity index (χ3v) is 6.06. The van der Waals surface area contributed by atoms with Crippen LogP contribution in [0.4, 0.5) is 0 Å². The number of carbonyl (C=O) groups excluding carboxylic acids is 1. The van der Waals surface area contributed by atoms with E-state index in [0.29, 0.717) is 22.2 Å². The molecule has 0 unspecified atom stereocenters. The van der Waals surface area contributed by atoms with Crippen LogP contribution in [0.3, 0.4) is 0 Å². The van der Waals surface area contributed by atoms with E-state index in [4.69, 9.17) is 0 Å². The molecular formula is C20H20N4O3. The first-order valence-corrected chi connectivity index (χ1v) is 9.34. The third kappa shape index (κ3) is 2.02. The lowest BCUT2D eigenvalue weighted by molar-refractivity contribution is 0.0877. The summed E-state index contributed by atoms with van der Waals surface area (Å²) in [5.41, 5.74) is 1.25. The van der Waals surface area contributed by atoms with E-state index in [2.05, 4.69) is 15.3 Å². The molecule has 0 atom stereocenters. The average molecular weight is 364 g/mol. The first-order chi connectivity index (χ1) is 12.9. The number of H-pyrrole nitrogens is 1. The molecule has 4 heterocycles. The van der Waals surface area contributed by atoms with Crippen molar-refractivity contribution in [2.24, 2.45) is 0 Å². The van der Waals surface area contributed by atoms with Crippen LogP contribution < -0.4 is 16.3 Å². The van der Waals surface area contributed by atoms with Crippen molar-refractivity contribution in [3.8, 4) is 0 Å². The number of aryl methyl sites for hydroxylation is 2. The van der Waals surface area contributed by atoms with Crippen molar-refractivity contribution in [3.05, 3.63) is 49.8 Å². The van der Waals surface area contributed by atoms with Gasteiger partial charge in [0.05, 0.1) is 16.3 Å². The van der Waals surface area contributed by atoms with Gasteiger partial charge in [0.25, 0.3) is 11.5 Å². The van der Waals surface area contributed by atoms with Crippen molar-refractivity contribution in [1.82, 2.24) is 19.9 Å². The van der Waals surface area contributed by atoms with Crippen molar-refractivity contribution >= 4 is 27.7 Å². The third-order valence-electron chi connectivity index (χ3n) is 6.06. The SMILES string of the molecule is Cc1cc2[nH]c3c(=O)n4c(c(C)c3c(=O)c2cn1)C(=O)NC41CCCCC1. The van der Waals surface area contributed by atoms with Crippen LogP contribution in [0.1, 0.15) is 53.8 Å². The summed E-state index contributed by atoms with van der Waals surface area (Å²) >= 11 is 0. The molecule has 7 heteroatoms. The molecule has 0 bridgehead atoms. The van der Waals surface area contributed by atoms with Crippen molar-refractivity contribution in [2.45, 2.75) is 51.6 Å². The predicted octanol–water partition coefficient (Wildman–Crippen LogP) is 2.22. The summed E-state index contributed by atoms with van der Waals surface area (Å²) in [4.78, 5) is 46.7. The van der Waals surface area contributed by atoms with Gasteiger partial charge >= 0.3 is 0 Å². The van der Waals surface area contributed by atoms with E-state index in [0.717, 1.165) is 37.8 Å². The minimum absolute atomic E-state index is 0.262. The van der Waals surface area contributed by atoms with Crippen LogP contribution in [0.25, 0.3) is 21.8 Å². The zero-order valence-electron chi connectivity index (χ0n) is 15.3. The molecule has 2 aliphatic rings. The summed E-state index contributed by atoms with van der Waals surface area (Å²) in [5, 5.41) is 3.76. The van der Waals surface area contributed by atoms with Gasteiger partial charge in [-0.25, -0.2) is 0 Å². The number of hydrogen-bond acceptors (Lipinski definition) is 4. The highest BCUT2D eigenvalue weighted by Crippen LogP contribution is 2.37. The zero-order valence-corrected chi connectivity index (χ0v) is 15.3. The van der Waals surface area contributed by atoms with Gasteiger partial charge in [-0.05, 0) is 51.2 Å². The van der Waals surface area contributed by atoms with Gasteiger partial charge in [0.15, 0.2) is 5.43 Å². The Labute approximate surface area is 154 Å². The smallest absolute Gasteiger partial charge is 0.277 e. The molecule has 138 valence electrons. The summed E-state index contributed by atoms with van der Waals surface area (Å²) < 4.78 is 1.61. The molecule has 0 saturated heterocycles. The Morgan fingerprint density at radius 2 is 1.85 bits per heavy atom. The van der Waals surface area contributed by atoms with E-state index in [9.17, 15) is 14.4 Å². The Balaban J connectivity index is 1.97. The number of rotatable bonds is 0. The molecule has 2 N–H and O–H groups in total. The maximum Gasteiger partial charge on any atom is 0.277 e. The molecule has 3 aromatic heterocycles. The molecule has 1 spiro atoms. The Kier molecular flexibility index (Phi) is 3.17. The molecular weight excluding hydrogens is 344 g/mol. The van der Waals surface area contributed by atoms with Crippen LogP contribution in [0, 0.1) is 13.8 Å². The van der Waals surface area contributed by atoms with Gasteiger partial charge in [0.1, 0.15) is 16.9 Å². The molecule has 0 aromatic carbocycles. The summed E-state index contributed by atoms with van der Waals surface area (Å²) in [6.07, 6.45) is 6.01. The van der Waals surface area contributed by atoms with Crippen LogP contribution in [0.15, 0.2) is 21.9 Å². The number of pyridine rings is 3. The maximum atomic E-state index is 13.5. The standard InChI is InChI=1S/C20H20N4O3/c1-10-8-13-12(9-21-10)17(25)14-11(2)16-18(26)23-20(6-4-3-5-7-20)24(16)19(27)15(14)22-13/h8-9H,3-7H2,1-2H3,(H,22,25)(H,23,26). The summed E-state index contributed by atoms with van der Waals surface area (Å²) in [7, 11) is 0. The molecule has 7 nitrogen and oxygen atoms in total. The van der Waals surface area contributed by atoms with Crippen LogP contribution in [0.5, 0.6) is 0 Å². The molecule has 1 aliphatic heterocycles. The normalized spacial score (nSPS) is 18.2. The number of nitrogens with zero attached hydrogens (tertiary/aromatic N) is 2. The van der Waals surface area contributed by atoms with Gasteiger partial charge in [-0.3, -0.25) is 23.9 Å². The van der Waals surface area contributed by atoms with Crippen LogP contribution in [0.2, 0.25) is 0 Å². The van der Waals surface area contributed by atoms with Gasteiger partial charge in [-0.2, -0.15) is 0 Å². The largest absolute Gasteiger partial charge is 0.350 e. The second-order valence-electron chi connectivity index (χ2n) is 7.74. The number of hydrogen-bond donors (Lipinski definition) is 2. The molecule has 0 radical (unpaired) electrons. The topological polar surface area (TPSA) is 96.8 Å². The molecule has 3 aromatic rings. The minimum Gasteiger partial charge on any atom is -0.350 e.